The summed E-state index contributed by atoms with van der Waals surface area (Å²) >= 11 is 5.95. The summed E-state index contributed by atoms with van der Waals surface area (Å²) in [5.74, 6) is 0. The Morgan fingerprint density at radius 1 is 1.53 bits per heavy atom. The minimum atomic E-state index is 0.203. The Morgan fingerprint density at radius 2 is 2.41 bits per heavy atom. The molecule has 0 amide bonds. The highest BCUT2D eigenvalue weighted by atomic mass is 35.5. The van der Waals surface area contributed by atoms with Gasteiger partial charge in [0.05, 0.1) is 23.4 Å². The first kappa shape index (κ1) is 11.8. The van der Waals surface area contributed by atoms with Crippen molar-refractivity contribution < 1.29 is 4.74 Å². The molecule has 0 saturated carbocycles. The number of halogens is 1. The van der Waals surface area contributed by atoms with Crippen molar-refractivity contribution in [2.75, 3.05) is 11.9 Å². The summed E-state index contributed by atoms with van der Waals surface area (Å²) in [6, 6.07) is 7.36. The maximum Gasteiger partial charge on any atom is 0.115 e. The Hall–Kier alpha value is -1.66. The number of nitrogens with one attached hydrogen (secondary N) is 1. The monoisotopic (exact) mass is 248 g/mol. The molecule has 4 heteroatoms. The van der Waals surface area contributed by atoms with E-state index in [2.05, 4.69) is 5.32 Å². The number of nitrogens with zero attached hydrogens (tertiary/aromatic N) is 1. The molecule has 1 N–H and O–H groups in total. The fourth-order valence-corrected chi connectivity index (χ4v) is 1.91. The third-order valence-corrected chi connectivity index (χ3v) is 2.96. The van der Waals surface area contributed by atoms with E-state index in [9.17, 15) is 0 Å². The molecular weight excluding hydrogens is 236 g/mol. The van der Waals surface area contributed by atoms with Crippen LogP contribution in [-0.2, 0) is 4.74 Å². The van der Waals surface area contributed by atoms with Gasteiger partial charge in [-0.2, -0.15) is 5.26 Å². The number of benzene rings is 1. The van der Waals surface area contributed by atoms with Gasteiger partial charge in [-0.3, -0.25) is 0 Å². The lowest BCUT2D eigenvalue weighted by atomic mass is 10.1. The number of allylic oxidation sites excluding steroid dienone is 1. The van der Waals surface area contributed by atoms with Gasteiger partial charge in [0.2, 0.25) is 0 Å². The zero-order valence-corrected chi connectivity index (χ0v) is 10.1. The molecule has 1 aromatic carbocycles. The average Bonchev–Trinajstić information content (AvgIpc) is 2.38. The van der Waals surface area contributed by atoms with Crippen LogP contribution in [-0.4, -0.2) is 12.6 Å². The average molecular weight is 249 g/mol. The van der Waals surface area contributed by atoms with Crippen molar-refractivity contribution in [3.63, 3.8) is 0 Å². The Morgan fingerprint density at radius 3 is 3.06 bits per heavy atom. The van der Waals surface area contributed by atoms with E-state index in [1.165, 1.54) is 0 Å². The summed E-state index contributed by atoms with van der Waals surface area (Å²) in [4.78, 5) is 0. The van der Waals surface area contributed by atoms with Crippen molar-refractivity contribution in [2.24, 2.45) is 0 Å². The zero-order chi connectivity index (χ0) is 12.1. The SMILES string of the molecule is N#Cc1ccc(NCC2CCC=CO2)cc1Cl. The van der Waals surface area contributed by atoms with Crippen LogP contribution in [0.4, 0.5) is 5.69 Å². The topological polar surface area (TPSA) is 45.0 Å². The molecule has 88 valence electrons. The van der Waals surface area contributed by atoms with E-state index in [1.807, 2.05) is 18.2 Å². The second-order valence-electron chi connectivity index (χ2n) is 3.89. The first-order valence-electron chi connectivity index (χ1n) is 5.53. The third kappa shape index (κ3) is 3.15. The van der Waals surface area contributed by atoms with Crippen LogP contribution in [0.1, 0.15) is 18.4 Å². The zero-order valence-electron chi connectivity index (χ0n) is 9.32. The van der Waals surface area contributed by atoms with Gasteiger partial charge in [0, 0.05) is 5.69 Å². The quantitative estimate of drug-likeness (QED) is 0.893. The first-order chi connectivity index (χ1) is 8.29. The summed E-state index contributed by atoms with van der Waals surface area (Å²) in [7, 11) is 0. The van der Waals surface area contributed by atoms with Crippen molar-refractivity contribution in [1.82, 2.24) is 0 Å². The Bertz CT molecular complexity index is 465. The minimum absolute atomic E-state index is 0.203. The lowest BCUT2D eigenvalue weighted by Crippen LogP contribution is -2.22. The van der Waals surface area contributed by atoms with Crippen molar-refractivity contribution >= 4 is 17.3 Å². The summed E-state index contributed by atoms with van der Waals surface area (Å²) < 4.78 is 5.45. The van der Waals surface area contributed by atoms with Crippen LogP contribution in [0.15, 0.2) is 30.5 Å². The molecule has 1 aliphatic rings. The number of anilines is 1. The van der Waals surface area contributed by atoms with Gasteiger partial charge in [-0.25, -0.2) is 0 Å². The largest absolute Gasteiger partial charge is 0.497 e. The molecule has 1 unspecified atom stereocenters. The van der Waals surface area contributed by atoms with Gasteiger partial charge in [-0.15, -0.1) is 0 Å². The molecule has 0 aliphatic carbocycles. The van der Waals surface area contributed by atoms with Gasteiger partial charge < -0.3 is 10.1 Å². The Labute approximate surface area is 106 Å². The summed E-state index contributed by atoms with van der Waals surface area (Å²) in [5, 5.41) is 12.5. The predicted octanol–water partition coefficient (Wildman–Crippen LogP) is 3.32. The van der Waals surface area contributed by atoms with Gasteiger partial charge in [0.1, 0.15) is 12.2 Å². The smallest absolute Gasteiger partial charge is 0.115 e. The van der Waals surface area contributed by atoms with Gasteiger partial charge in [0.15, 0.2) is 0 Å². The standard InChI is InChI=1S/C13H13ClN2O/c14-13-7-11(5-4-10(13)8-15)16-9-12-3-1-2-6-17-12/h2,4-7,12,16H,1,3,9H2. The van der Waals surface area contributed by atoms with Gasteiger partial charge in [0.25, 0.3) is 0 Å². The lowest BCUT2D eigenvalue weighted by Gasteiger charge is -2.20. The lowest BCUT2D eigenvalue weighted by molar-refractivity contribution is 0.135. The van der Waals surface area contributed by atoms with E-state index in [0.29, 0.717) is 10.6 Å². The molecule has 17 heavy (non-hydrogen) atoms. The summed E-state index contributed by atoms with van der Waals surface area (Å²) in [5.41, 5.74) is 1.40. The first-order valence-corrected chi connectivity index (χ1v) is 5.91. The maximum absolute atomic E-state index is 8.76. The van der Waals surface area contributed by atoms with Crippen LogP contribution in [0, 0.1) is 11.3 Å². The van der Waals surface area contributed by atoms with Crippen LogP contribution in [0.25, 0.3) is 0 Å². The van der Waals surface area contributed by atoms with Crippen molar-refractivity contribution in [3.05, 3.63) is 41.1 Å². The van der Waals surface area contributed by atoms with Gasteiger partial charge in [-0.1, -0.05) is 11.6 Å². The molecule has 0 fully saturated rings. The highest BCUT2D eigenvalue weighted by Crippen LogP contribution is 2.20. The third-order valence-electron chi connectivity index (χ3n) is 2.65. The van der Waals surface area contributed by atoms with Crippen LogP contribution in [0.5, 0.6) is 0 Å². The molecule has 0 spiro atoms. The second kappa shape index (κ2) is 5.60. The van der Waals surface area contributed by atoms with E-state index in [1.54, 1.807) is 18.4 Å². The fraction of sp³-hybridized carbons (Fsp3) is 0.308. The van der Waals surface area contributed by atoms with Gasteiger partial charge in [-0.05, 0) is 37.1 Å². The molecule has 0 saturated heterocycles. The fourth-order valence-electron chi connectivity index (χ4n) is 1.68. The highest BCUT2D eigenvalue weighted by Gasteiger charge is 2.10. The van der Waals surface area contributed by atoms with E-state index in [-0.39, 0.29) is 6.10 Å². The molecule has 2 rings (SSSR count). The van der Waals surface area contributed by atoms with Gasteiger partial charge >= 0.3 is 0 Å². The molecular formula is C13H13ClN2O. The molecule has 1 heterocycles. The van der Waals surface area contributed by atoms with E-state index >= 15 is 0 Å². The number of rotatable bonds is 3. The van der Waals surface area contributed by atoms with E-state index in [0.717, 1.165) is 25.1 Å². The number of ether oxygens (including phenoxy) is 1. The maximum atomic E-state index is 8.76. The Kier molecular flexibility index (Phi) is 3.89. The summed E-state index contributed by atoms with van der Waals surface area (Å²) in [6.07, 6.45) is 6.06. The van der Waals surface area contributed by atoms with E-state index < -0.39 is 0 Å². The number of hydrogen-bond donors (Lipinski definition) is 1. The van der Waals surface area contributed by atoms with E-state index in [4.69, 9.17) is 21.6 Å². The predicted molar refractivity (Wildman–Crippen MR) is 67.9 cm³/mol. The molecule has 3 nitrogen and oxygen atoms in total. The minimum Gasteiger partial charge on any atom is -0.497 e. The van der Waals surface area contributed by atoms with Crippen LogP contribution >= 0.6 is 11.6 Å². The second-order valence-corrected chi connectivity index (χ2v) is 4.30. The van der Waals surface area contributed by atoms with Crippen LogP contribution in [0.2, 0.25) is 5.02 Å². The molecule has 1 aromatic rings. The molecule has 0 aromatic heterocycles. The van der Waals surface area contributed by atoms with Crippen LogP contribution < -0.4 is 5.32 Å². The number of nitriles is 1. The van der Waals surface area contributed by atoms with Crippen LogP contribution in [0.3, 0.4) is 0 Å². The highest BCUT2D eigenvalue weighted by molar-refractivity contribution is 6.32. The van der Waals surface area contributed by atoms with Crippen molar-refractivity contribution in [3.8, 4) is 6.07 Å². The molecule has 1 atom stereocenters. The van der Waals surface area contributed by atoms with Crippen molar-refractivity contribution in [2.45, 2.75) is 18.9 Å². The number of hydrogen-bond acceptors (Lipinski definition) is 3. The molecule has 0 bridgehead atoms. The molecule has 0 radical (unpaired) electrons. The van der Waals surface area contributed by atoms with Crippen molar-refractivity contribution in [1.29, 1.82) is 5.26 Å². The Balaban J connectivity index is 1.93. The summed E-state index contributed by atoms with van der Waals surface area (Å²) in [6.45, 7) is 0.743. The molecule has 1 aliphatic heterocycles. The normalized spacial score (nSPS) is 18.2.